The lowest BCUT2D eigenvalue weighted by molar-refractivity contribution is -0.123. The molecule has 0 radical (unpaired) electrons. The van der Waals surface area contributed by atoms with Crippen LogP contribution in [0.25, 0.3) is 22.0 Å². The summed E-state index contributed by atoms with van der Waals surface area (Å²) in [6, 6.07) is 8.27. The molecule has 0 spiro atoms. The van der Waals surface area contributed by atoms with Gasteiger partial charge in [-0.1, -0.05) is 35.7 Å². The van der Waals surface area contributed by atoms with Gasteiger partial charge >= 0.3 is 5.97 Å². The largest absolute Gasteiger partial charge is 0.461 e. The molecule has 0 aliphatic heterocycles. The molecule has 3 aromatic heterocycles. The molecule has 2 aromatic carbocycles. The molecule has 0 saturated carbocycles. The molecule has 55 heavy (non-hydrogen) atoms. The number of amides is 1. The van der Waals surface area contributed by atoms with Gasteiger partial charge in [0, 0.05) is 35.7 Å². The van der Waals surface area contributed by atoms with Crippen LogP contribution in [0, 0.1) is 29.4 Å². The van der Waals surface area contributed by atoms with Crippen LogP contribution in [0.3, 0.4) is 0 Å². The lowest BCUT2D eigenvalue weighted by atomic mass is 9.81. The van der Waals surface area contributed by atoms with Crippen molar-refractivity contribution in [1.29, 1.82) is 0 Å². The molecule has 0 unspecified atom stereocenters. The lowest BCUT2D eigenvalue weighted by Crippen LogP contribution is -2.36. The Hall–Kier alpha value is -5.72. The third kappa shape index (κ3) is 6.92. The molecule has 4 N–H and O–H groups in total. The molecular formula is C39H34ClF4N7O4. The monoisotopic (exact) mass is 775 g/mol. The minimum atomic E-state index is -3.45. The minimum Gasteiger partial charge on any atom is -0.461 e. The fourth-order valence-corrected chi connectivity index (χ4v) is 7.41. The smallest absolute Gasteiger partial charge is 0.359 e. The second-order valence-electron chi connectivity index (χ2n) is 13.9. The molecule has 3 heterocycles. The van der Waals surface area contributed by atoms with E-state index in [2.05, 4.69) is 27.4 Å². The molecule has 284 valence electrons. The van der Waals surface area contributed by atoms with Crippen molar-refractivity contribution in [3.05, 3.63) is 105 Å². The predicted molar refractivity (Wildman–Crippen MR) is 195 cm³/mol. The number of nitrogens with two attached hydrogens (primary N) is 1. The second kappa shape index (κ2) is 13.8. The van der Waals surface area contributed by atoms with E-state index in [0.717, 1.165) is 16.8 Å². The average Bonchev–Trinajstić information content (AvgIpc) is 3.64. The summed E-state index contributed by atoms with van der Waals surface area (Å²) in [6.07, 6.45) is 2.67. The molecule has 11 nitrogen and oxygen atoms in total. The number of ether oxygens (including phenoxy) is 1. The van der Waals surface area contributed by atoms with Gasteiger partial charge in [0.15, 0.2) is 11.5 Å². The molecule has 0 fully saturated rings. The Morgan fingerprint density at radius 2 is 1.82 bits per heavy atom. The van der Waals surface area contributed by atoms with Crippen molar-refractivity contribution in [2.45, 2.75) is 57.2 Å². The number of anilines is 1. The first-order valence-electron chi connectivity index (χ1n) is 17.2. The number of aryl methyl sites for hydroxylation is 1. The van der Waals surface area contributed by atoms with Crippen LogP contribution in [-0.4, -0.2) is 53.7 Å². The van der Waals surface area contributed by atoms with E-state index in [-0.39, 0.29) is 47.1 Å². The maximum Gasteiger partial charge on any atom is 0.359 e. The quantitative estimate of drug-likeness (QED) is 0.0702. The highest BCUT2D eigenvalue weighted by Crippen LogP contribution is 2.59. The molecule has 0 bridgehead atoms. The summed E-state index contributed by atoms with van der Waals surface area (Å²) in [5.41, 5.74) is 5.85. The number of rotatable bonds is 9. The first kappa shape index (κ1) is 37.6. The van der Waals surface area contributed by atoms with Gasteiger partial charge in [0.25, 0.3) is 5.92 Å². The number of pyridine rings is 1. The van der Waals surface area contributed by atoms with E-state index in [9.17, 15) is 23.5 Å². The van der Waals surface area contributed by atoms with Crippen LogP contribution >= 0.6 is 11.6 Å². The zero-order valence-electron chi connectivity index (χ0n) is 29.9. The summed E-state index contributed by atoms with van der Waals surface area (Å²) in [5.74, 6) is -3.24. The Bertz CT molecular complexity index is 2470. The van der Waals surface area contributed by atoms with Gasteiger partial charge in [0.1, 0.15) is 35.2 Å². The maximum atomic E-state index is 15.8. The van der Waals surface area contributed by atoms with Gasteiger partial charge in [-0.2, -0.15) is 19.0 Å². The molecule has 5 aromatic rings. The second-order valence-corrected chi connectivity index (χ2v) is 14.3. The number of aromatic nitrogens is 5. The highest BCUT2D eigenvalue weighted by atomic mass is 35.5. The van der Waals surface area contributed by atoms with Gasteiger partial charge in [-0.3, -0.25) is 14.2 Å². The Kier molecular flexibility index (Phi) is 9.46. The van der Waals surface area contributed by atoms with Crippen LogP contribution in [0.1, 0.15) is 71.4 Å². The fraction of sp³-hybridized carbons (Fsp3) is 0.308. The Morgan fingerprint density at radius 3 is 2.47 bits per heavy atom. The number of allylic oxidation sites excluding steroid dienone is 2. The van der Waals surface area contributed by atoms with Gasteiger partial charge < -0.3 is 20.9 Å². The van der Waals surface area contributed by atoms with Crippen LogP contribution < -0.4 is 11.1 Å². The summed E-state index contributed by atoms with van der Waals surface area (Å²) < 4.78 is 68.1. The Labute approximate surface area is 317 Å². The first-order chi connectivity index (χ1) is 26.0. The molecule has 3 atom stereocenters. The SMILES string of the molecule is CCOC(=O)c1nn(CC(=O)N[C@@H](Cc2cc(F)cc(F)c2)c2nc(C#CC(C)(C)O)ccc2-c2ccc(Cl)c3c(N)nn(C)c23)c2c1[C@H]1C=C[C@H]1C2(F)F. The number of nitrogen functional groups attached to an aromatic ring is 1. The number of carbonyl (C=O) groups is 2. The number of hydrogen-bond acceptors (Lipinski definition) is 8. The number of halogens is 5. The molecule has 16 heteroatoms. The predicted octanol–water partition coefficient (Wildman–Crippen LogP) is 6.12. The first-order valence-corrected chi connectivity index (χ1v) is 17.6. The maximum absolute atomic E-state index is 15.8. The standard InChI is InChI=1S/C39H34ClF4N7O4/c1-5-55-37(53)33-30-25-8-10-26(25)39(43,44)35(30)51(48-33)18-29(52)47-28(16-19-14-20(41)17-21(42)15-19)32-23(7-6-22(46-32)12-13-38(2,3)54)24-9-11-27(40)31-34(24)50(4)49-36(31)45/h6-11,14-15,17,25-26,28,54H,5,16,18H2,1-4H3,(H2,45,49)(H,47,52)/t25-,26+,28-/m0/s1. The number of benzene rings is 2. The highest BCUT2D eigenvalue weighted by Gasteiger charge is 2.60. The molecule has 1 amide bonds. The third-order valence-electron chi connectivity index (χ3n) is 9.43. The summed E-state index contributed by atoms with van der Waals surface area (Å²) in [6.45, 7) is 3.75. The number of alkyl halides is 2. The number of nitrogens with one attached hydrogen (secondary N) is 1. The van der Waals surface area contributed by atoms with Crippen molar-refractivity contribution in [2.24, 2.45) is 13.0 Å². The van der Waals surface area contributed by atoms with Crippen molar-refractivity contribution in [1.82, 2.24) is 29.9 Å². The zero-order chi connectivity index (χ0) is 39.6. The van der Waals surface area contributed by atoms with Crippen molar-refractivity contribution < 1.29 is 37.0 Å². The van der Waals surface area contributed by atoms with Crippen molar-refractivity contribution >= 4 is 40.2 Å². The average molecular weight is 776 g/mol. The van der Waals surface area contributed by atoms with Gasteiger partial charge in [-0.25, -0.2) is 18.6 Å². The van der Waals surface area contributed by atoms with Crippen LogP contribution in [0.4, 0.5) is 23.4 Å². The molecule has 0 saturated heterocycles. The number of fused-ring (bicyclic) bond motifs is 4. The Balaban J connectivity index is 1.37. The van der Waals surface area contributed by atoms with Gasteiger partial charge in [-0.15, -0.1) is 0 Å². The van der Waals surface area contributed by atoms with Crippen molar-refractivity contribution in [3.63, 3.8) is 0 Å². The van der Waals surface area contributed by atoms with Crippen LogP contribution in [0.2, 0.25) is 5.02 Å². The van der Waals surface area contributed by atoms with E-state index in [1.54, 1.807) is 44.3 Å². The number of esters is 1. The van der Waals surface area contributed by atoms with Crippen LogP contribution in [-0.2, 0) is 35.5 Å². The topological polar surface area (TPSA) is 150 Å². The van der Waals surface area contributed by atoms with E-state index in [1.807, 2.05) is 0 Å². The van der Waals surface area contributed by atoms with Gasteiger partial charge in [-0.05, 0) is 69.0 Å². The summed E-state index contributed by atoms with van der Waals surface area (Å²) in [7, 11) is 1.66. The summed E-state index contributed by atoms with van der Waals surface area (Å²) in [5, 5.41) is 22.4. The molecular weight excluding hydrogens is 742 g/mol. The third-order valence-corrected chi connectivity index (χ3v) is 9.75. The number of hydrogen-bond donors (Lipinski definition) is 3. The van der Waals surface area contributed by atoms with Gasteiger partial charge in [0.2, 0.25) is 5.91 Å². The van der Waals surface area contributed by atoms with E-state index >= 15 is 8.78 Å². The Morgan fingerprint density at radius 1 is 1.11 bits per heavy atom. The lowest BCUT2D eigenvalue weighted by Gasteiger charge is -2.27. The van der Waals surface area contributed by atoms with E-state index in [4.69, 9.17) is 27.1 Å². The molecule has 2 aliphatic rings. The van der Waals surface area contributed by atoms with E-state index in [0.29, 0.717) is 33.1 Å². The van der Waals surface area contributed by atoms with E-state index < -0.39 is 65.2 Å². The fourth-order valence-electron chi connectivity index (χ4n) is 7.16. The normalized spacial score (nSPS) is 17.2. The van der Waals surface area contributed by atoms with Crippen molar-refractivity contribution in [3.8, 4) is 23.0 Å². The van der Waals surface area contributed by atoms with Crippen molar-refractivity contribution in [2.75, 3.05) is 12.3 Å². The minimum absolute atomic E-state index is 0.000206. The number of nitrogens with zero attached hydrogens (tertiary/aromatic N) is 5. The molecule has 7 rings (SSSR count). The van der Waals surface area contributed by atoms with Crippen LogP contribution in [0.5, 0.6) is 0 Å². The number of carbonyl (C=O) groups excluding carboxylic acids is 2. The molecule has 2 aliphatic carbocycles. The zero-order valence-corrected chi connectivity index (χ0v) is 30.7. The summed E-state index contributed by atoms with van der Waals surface area (Å²) in [4.78, 5) is 31.8. The number of aliphatic hydroxyl groups is 1. The highest BCUT2D eigenvalue weighted by molar-refractivity contribution is 6.37. The van der Waals surface area contributed by atoms with E-state index in [1.165, 1.54) is 24.6 Å². The van der Waals surface area contributed by atoms with Gasteiger partial charge in [0.05, 0.1) is 40.2 Å². The summed E-state index contributed by atoms with van der Waals surface area (Å²) >= 11 is 6.54. The van der Waals surface area contributed by atoms with Crippen LogP contribution in [0.15, 0.2) is 54.6 Å².